The van der Waals surface area contributed by atoms with Crippen LogP contribution in [0.3, 0.4) is 0 Å². The topological polar surface area (TPSA) is 59.8 Å². The van der Waals surface area contributed by atoms with Crippen LogP contribution < -0.4 is 5.32 Å². The van der Waals surface area contributed by atoms with E-state index in [4.69, 9.17) is 0 Å². The Hall–Kier alpha value is -2.73. The number of aryl methyl sites for hydroxylation is 1. The van der Waals surface area contributed by atoms with Crippen LogP contribution >= 0.6 is 11.3 Å². The molecule has 0 atom stereocenters. The molecule has 3 rings (SSSR count). The van der Waals surface area contributed by atoms with Crippen molar-refractivity contribution in [1.29, 1.82) is 0 Å². The molecule has 1 N–H and O–H groups in total. The summed E-state index contributed by atoms with van der Waals surface area (Å²) in [4.78, 5) is 16.5. The van der Waals surface area contributed by atoms with E-state index in [1.807, 2.05) is 12.3 Å². The highest BCUT2D eigenvalue weighted by Gasteiger charge is 2.13. The molecular formula is C21H24N4OS. The second-order valence-electron chi connectivity index (χ2n) is 7.43. The molecular weight excluding hydrogens is 356 g/mol. The van der Waals surface area contributed by atoms with Gasteiger partial charge >= 0.3 is 0 Å². The number of rotatable bonds is 5. The van der Waals surface area contributed by atoms with E-state index in [1.54, 1.807) is 34.4 Å². The number of hydrogen-bond donors (Lipinski definition) is 1. The van der Waals surface area contributed by atoms with E-state index in [1.165, 1.54) is 11.6 Å². The van der Waals surface area contributed by atoms with Crippen molar-refractivity contribution in [2.45, 2.75) is 39.7 Å². The fourth-order valence-corrected chi connectivity index (χ4v) is 3.21. The lowest BCUT2D eigenvalue weighted by Crippen LogP contribution is -2.14. The van der Waals surface area contributed by atoms with Gasteiger partial charge in [-0.15, -0.1) is 11.3 Å². The Morgan fingerprint density at radius 2 is 1.96 bits per heavy atom. The van der Waals surface area contributed by atoms with Crippen LogP contribution in [0.15, 0.2) is 48.0 Å². The molecule has 0 fully saturated rings. The van der Waals surface area contributed by atoms with Crippen molar-refractivity contribution in [3.8, 4) is 0 Å². The number of benzene rings is 1. The van der Waals surface area contributed by atoms with Crippen LogP contribution in [-0.4, -0.2) is 20.7 Å². The van der Waals surface area contributed by atoms with Crippen LogP contribution in [0.25, 0.3) is 6.08 Å². The lowest BCUT2D eigenvalue weighted by atomic mass is 9.87. The number of aromatic nitrogens is 3. The maximum Gasteiger partial charge on any atom is 0.249 e. The van der Waals surface area contributed by atoms with Gasteiger partial charge in [-0.2, -0.15) is 5.10 Å². The third kappa shape index (κ3) is 5.14. The third-order valence-electron chi connectivity index (χ3n) is 4.16. The van der Waals surface area contributed by atoms with E-state index in [9.17, 15) is 4.79 Å². The Balaban J connectivity index is 1.65. The molecule has 0 bridgehead atoms. The lowest BCUT2D eigenvalue weighted by Gasteiger charge is -2.19. The van der Waals surface area contributed by atoms with Gasteiger partial charge in [0.05, 0.1) is 23.4 Å². The van der Waals surface area contributed by atoms with Crippen molar-refractivity contribution in [3.05, 3.63) is 69.8 Å². The number of carbonyl (C=O) groups is 1. The summed E-state index contributed by atoms with van der Waals surface area (Å²) in [5.41, 5.74) is 3.35. The second kappa shape index (κ2) is 7.88. The Kier molecular flexibility index (Phi) is 5.56. The molecule has 0 saturated heterocycles. The van der Waals surface area contributed by atoms with Crippen molar-refractivity contribution >= 4 is 29.1 Å². The molecule has 140 valence electrons. The minimum Gasteiger partial charge on any atom is -0.307 e. The maximum atomic E-state index is 12.2. The van der Waals surface area contributed by atoms with E-state index in [0.29, 0.717) is 12.4 Å². The minimum atomic E-state index is -0.203. The first kappa shape index (κ1) is 19.0. The molecule has 0 spiro atoms. The molecule has 0 unspecified atom stereocenters. The molecule has 0 aliphatic carbocycles. The van der Waals surface area contributed by atoms with Crippen LogP contribution in [0.4, 0.5) is 5.82 Å². The summed E-state index contributed by atoms with van der Waals surface area (Å²) >= 11 is 1.56. The first-order chi connectivity index (χ1) is 12.8. The number of amides is 1. The fourth-order valence-electron chi connectivity index (χ4n) is 2.63. The molecule has 0 saturated carbocycles. The Morgan fingerprint density at radius 3 is 2.59 bits per heavy atom. The molecule has 0 aliphatic heterocycles. The van der Waals surface area contributed by atoms with E-state index in [0.717, 1.165) is 16.3 Å². The fraction of sp³-hybridized carbons (Fsp3) is 0.286. The highest BCUT2D eigenvalue weighted by molar-refractivity contribution is 7.09. The van der Waals surface area contributed by atoms with E-state index >= 15 is 0 Å². The maximum absolute atomic E-state index is 12.2. The minimum absolute atomic E-state index is 0.131. The number of nitrogens with one attached hydrogen (secondary N) is 1. The molecule has 2 heterocycles. The number of anilines is 1. The van der Waals surface area contributed by atoms with Crippen molar-refractivity contribution < 1.29 is 4.79 Å². The predicted molar refractivity (Wildman–Crippen MR) is 111 cm³/mol. The van der Waals surface area contributed by atoms with Crippen molar-refractivity contribution in [3.63, 3.8) is 0 Å². The van der Waals surface area contributed by atoms with Crippen LogP contribution in [0.5, 0.6) is 0 Å². The highest BCUT2D eigenvalue weighted by Crippen LogP contribution is 2.22. The molecule has 1 aromatic carbocycles. The SMILES string of the molecule is Cc1nc(/C=C/C(=O)Nc2ccnn2Cc2ccc(C(C)(C)C)cc2)cs1. The summed E-state index contributed by atoms with van der Waals surface area (Å²) in [6, 6.07) is 10.3. The lowest BCUT2D eigenvalue weighted by molar-refractivity contribution is -0.111. The van der Waals surface area contributed by atoms with E-state index < -0.39 is 0 Å². The highest BCUT2D eigenvalue weighted by atomic mass is 32.1. The molecule has 2 aromatic heterocycles. The quantitative estimate of drug-likeness (QED) is 0.656. The van der Waals surface area contributed by atoms with Gasteiger partial charge in [0.1, 0.15) is 5.82 Å². The first-order valence-electron chi connectivity index (χ1n) is 8.84. The average molecular weight is 381 g/mol. The molecule has 0 radical (unpaired) electrons. The standard InChI is InChI=1S/C21H24N4OS/c1-15-23-18(14-27-15)9-10-20(26)24-19-11-12-22-25(19)13-16-5-7-17(8-6-16)21(2,3)4/h5-12,14H,13H2,1-4H3,(H,24,26)/b10-9+. The van der Waals surface area contributed by atoms with Crippen LogP contribution in [0.1, 0.15) is 42.6 Å². The summed E-state index contributed by atoms with van der Waals surface area (Å²) in [7, 11) is 0. The summed E-state index contributed by atoms with van der Waals surface area (Å²) in [6.45, 7) is 9.13. The number of nitrogens with zero attached hydrogens (tertiary/aromatic N) is 3. The van der Waals surface area contributed by atoms with Gasteiger partial charge in [-0.1, -0.05) is 45.0 Å². The normalized spacial score (nSPS) is 11.9. The van der Waals surface area contributed by atoms with Gasteiger partial charge in [-0.25, -0.2) is 9.67 Å². The number of carbonyl (C=O) groups excluding carboxylic acids is 1. The Morgan fingerprint density at radius 1 is 1.22 bits per heavy atom. The zero-order chi connectivity index (χ0) is 19.4. The summed E-state index contributed by atoms with van der Waals surface area (Å²) < 4.78 is 1.78. The predicted octanol–water partition coefficient (Wildman–Crippen LogP) is 4.65. The zero-order valence-electron chi connectivity index (χ0n) is 16.1. The van der Waals surface area contributed by atoms with E-state index in [2.05, 4.69) is 60.4 Å². The van der Waals surface area contributed by atoms with Crippen molar-refractivity contribution in [1.82, 2.24) is 14.8 Å². The Bertz CT molecular complexity index is 945. The van der Waals surface area contributed by atoms with Gasteiger partial charge in [0.2, 0.25) is 5.91 Å². The van der Waals surface area contributed by atoms with Crippen molar-refractivity contribution in [2.75, 3.05) is 5.32 Å². The van der Waals surface area contributed by atoms with Gasteiger partial charge in [-0.05, 0) is 29.5 Å². The van der Waals surface area contributed by atoms with Gasteiger partial charge in [-0.3, -0.25) is 4.79 Å². The van der Waals surface area contributed by atoms with Gasteiger partial charge in [0.15, 0.2) is 0 Å². The van der Waals surface area contributed by atoms with Crippen LogP contribution in [-0.2, 0) is 16.8 Å². The van der Waals surface area contributed by atoms with Gasteiger partial charge < -0.3 is 5.32 Å². The van der Waals surface area contributed by atoms with Crippen LogP contribution in [0, 0.1) is 6.92 Å². The van der Waals surface area contributed by atoms with Crippen LogP contribution in [0.2, 0.25) is 0 Å². The van der Waals surface area contributed by atoms with E-state index in [-0.39, 0.29) is 11.3 Å². The average Bonchev–Trinajstić information content (AvgIpc) is 3.22. The third-order valence-corrected chi connectivity index (χ3v) is 4.95. The van der Waals surface area contributed by atoms with Crippen molar-refractivity contribution in [2.24, 2.45) is 0 Å². The summed E-state index contributed by atoms with van der Waals surface area (Å²) in [5, 5.41) is 10.1. The van der Waals surface area contributed by atoms with Gasteiger partial charge in [0, 0.05) is 17.5 Å². The summed E-state index contributed by atoms with van der Waals surface area (Å²) in [6.07, 6.45) is 4.89. The molecule has 6 heteroatoms. The van der Waals surface area contributed by atoms with Gasteiger partial charge in [0.25, 0.3) is 0 Å². The molecule has 0 aliphatic rings. The molecule has 27 heavy (non-hydrogen) atoms. The first-order valence-corrected chi connectivity index (χ1v) is 9.72. The Labute approximate surface area is 163 Å². The molecule has 3 aromatic rings. The zero-order valence-corrected chi connectivity index (χ0v) is 16.9. The smallest absolute Gasteiger partial charge is 0.249 e. The second-order valence-corrected chi connectivity index (χ2v) is 8.50. The molecule has 5 nitrogen and oxygen atoms in total. The number of hydrogen-bond acceptors (Lipinski definition) is 4. The summed E-state index contributed by atoms with van der Waals surface area (Å²) in [5.74, 6) is 0.462. The number of thiazole rings is 1. The largest absolute Gasteiger partial charge is 0.307 e. The monoisotopic (exact) mass is 380 g/mol. The molecule has 1 amide bonds.